The molecule has 1 heterocycles. The molecule has 1 unspecified atom stereocenters. The molecule has 1 aliphatic rings. The van der Waals surface area contributed by atoms with Gasteiger partial charge < -0.3 is 11.1 Å². The number of nitrogens with one attached hydrogen (secondary N) is 1. The Morgan fingerprint density at radius 2 is 2.16 bits per heavy atom. The van der Waals surface area contributed by atoms with Crippen LogP contribution in [0.1, 0.15) is 68.0 Å². The maximum absolute atomic E-state index is 12.1. The molecule has 1 amide bonds. The van der Waals surface area contributed by atoms with E-state index >= 15 is 0 Å². The number of rotatable bonds is 3. The number of carbonyl (C=O) groups is 1. The van der Waals surface area contributed by atoms with E-state index in [1.807, 2.05) is 6.92 Å². The molecule has 4 nitrogen and oxygen atoms in total. The monoisotopic (exact) mass is 281 g/mol. The molecule has 2 rings (SSSR count). The molecule has 1 saturated carbocycles. The van der Waals surface area contributed by atoms with Crippen molar-refractivity contribution in [2.75, 3.05) is 0 Å². The van der Waals surface area contributed by atoms with Crippen LogP contribution in [0.15, 0.2) is 5.38 Å². The Balaban J connectivity index is 1.90. The van der Waals surface area contributed by atoms with Crippen molar-refractivity contribution in [3.63, 3.8) is 0 Å². The van der Waals surface area contributed by atoms with Crippen LogP contribution in [0.4, 0.5) is 0 Å². The van der Waals surface area contributed by atoms with Gasteiger partial charge in [-0.1, -0.05) is 13.8 Å². The molecule has 3 N–H and O–H groups in total. The van der Waals surface area contributed by atoms with Gasteiger partial charge in [0.15, 0.2) is 0 Å². The molecule has 0 aromatic carbocycles. The molecule has 106 valence electrons. The molecule has 0 bridgehead atoms. The first-order chi connectivity index (χ1) is 8.87. The zero-order chi connectivity index (χ0) is 14.0. The van der Waals surface area contributed by atoms with Crippen molar-refractivity contribution < 1.29 is 4.79 Å². The predicted molar refractivity (Wildman–Crippen MR) is 78.2 cm³/mol. The van der Waals surface area contributed by atoms with Crippen molar-refractivity contribution >= 4 is 17.2 Å². The van der Waals surface area contributed by atoms with E-state index in [2.05, 4.69) is 24.1 Å². The summed E-state index contributed by atoms with van der Waals surface area (Å²) < 4.78 is 0. The highest BCUT2D eigenvalue weighted by atomic mass is 32.1. The number of aromatic nitrogens is 1. The van der Waals surface area contributed by atoms with E-state index in [1.54, 1.807) is 5.38 Å². The lowest BCUT2D eigenvalue weighted by atomic mass is 9.75. The second-order valence-corrected chi connectivity index (χ2v) is 7.16. The summed E-state index contributed by atoms with van der Waals surface area (Å²) in [5.41, 5.74) is 6.68. The number of carbonyl (C=O) groups excluding carboxylic acids is 1. The van der Waals surface area contributed by atoms with E-state index in [0.717, 1.165) is 17.8 Å². The van der Waals surface area contributed by atoms with Crippen LogP contribution in [0.2, 0.25) is 0 Å². The minimum Gasteiger partial charge on any atom is -0.348 e. The third-order valence-electron chi connectivity index (χ3n) is 3.82. The summed E-state index contributed by atoms with van der Waals surface area (Å²) in [7, 11) is 0. The fraction of sp³-hybridized carbons (Fsp3) is 0.714. The van der Waals surface area contributed by atoms with Crippen molar-refractivity contribution in [3.8, 4) is 0 Å². The van der Waals surface area contributed by atoms with Gasteiger partial charge in [-0.25, -0.2) is 4.98 Å². The standard InChI is InChI=1S/C14H23N3OS/c1-9(15)13-17-11(8-19-13)12(18)16-10-4-6-14(2,3)7-5-10/h8-10H,4-7,15H2,1-3H3,(H,16,18). The minimum absolute atomic E-state index is 0.0622. The van der Waals surface area contributed by atoms with Gasteiger partial charge in [0.2, 0.25) is 0 Å². The third-order valence-corrected chi connectivity index (χ3v) is 4.86. The van der Waals surface area contributed by atoms with Gasteiger partial charge in [-0.05, 0) is 38.0 Å². The highest BCUT2D eigenvalue weighted by Crippen LogP contribution is 2.35. The summed E-state index contributed by atoms with van der Waals surface area (Å²) in [5.74, 6) is -0.0622. The zero-order valence-corrected chi connectivity index (χ0v) is 12.7. The number of thiazole rings is 1. The van der Waals surface area contributed by atoms with Gasteiger partial charge >= 0.3 is 0 Å². The maximum atomic E-state index is 12.1. The van der Waals surface area contributed by atoms with Crippen LogP contribution in [0.3, 0.4) is 0 Å². The van der Waals surface area contributed by atoms with Gasteiger partial charge in [0, 0.05) is 11.4 Å². The van der Waals surface area contributed by atoms with Crippen LogP contribution in [-0.4, -0.2) is 16.9 Å². The molecule has 1 aliphatic carbocycles. The smallest absolute Gasteiger partial charge is 0.270 e. The molecule has 0 radical (unpaired) electrons. The van der Waals surface area contributed by atoms with Gasteiger partial charge in [-0.3, -0.25) is 4.79 Å². The van der Waals surface area contributed by atoms with Crippen LogP contribution in [0, 0.1) is 5.41 Å². The Morgan fingerprint density at radius 1 is 1.53 bits per heavy atom. The van der Waals surface area contributed by atoms with Crippen molar-refractivity contribution in [1.82, 2.24) is 10.3 Å². The maximum Gasteiger partial charge on any atom is 0.270 e. The van der Waals surface area contributed by atoms with Gasteiger partial charge in [0.1, 0.15) is 10.7 Å². The fourth-order valence-corrected chi connectivity index (χ4v) is 3.16. The highest BCUT2D eigenvalue weighted by Gasteiger charge is 2.28. The lowest BCUT2D eigenvalue weighted by molar-refractivity contribution is 0.0904. The van der Waals surface area contributed by atoms with Gasteiger partial charge in [-0.2, -0.15) is 0 Å². The Morgan fingerprint density at radius 3 is 2.68 bits per heavy atom. The van der Waals surface area contributed by atoms with Crippen LogP contribution in [-0.2, 0) is 0 Å². The Kier molecular flexibility index (Phi) is 4.26. The van der Waals surface area contributed by atoms with Crippen LogP contribution < -0.4 is 11.1 Å². The first kappa shape index (κ1) is 14.5. The molecule has 1 aromatic heterocycles. The molecule has 1 atom stereocenters. The van der Waals surface area contributed by atoms with E-state index in [-0.39, 0.29) is 11.9 Å². The third kappa shape index (κ3) is 3.76. The number of nitrogens with zero attached hydrogens (tertiary/aromatic N) is 1. The molecular weight excluding hydrogens is 258 g/mol. The summed E-state index contributed by atoms with van der Waals surface area (Å²) in [5, 5.41) is 5.70. The van der Waals surface area contributed by atoms with E-state index in [4.69, 9.17) is 5.73 Å². The van der Waals surface area contributed by atoms with Gasteiger partial charge in [0.05, 0.1) is 6.04 Å². The van der Waals surface area contributed by atoms with E-state index in [9.17, 15) is 4.79 Å². The summed E-state index contributed by atoms with van der Waals surface area (Å²) in [4.78, 5) is 16.4. The van der Waals surface area contributed by atoms with E-state index < -0.39 is 0 Å². The van der Waals surface area contributed by atoms with Crippen molar-refractivity contribution in [1.29, 1.82) is 0 Å². The van der Waals surface area contributed by atoms with E-state index in [0.29, 0.717) is 17.2 Å². The SMILES string of the molecule is CC(N)c1nc(C(=O)NC2CCC(C)(C)CC2)cs1. The quantitative estimate of drug-likeness (QED) is 0.895. The normalized spacial score (nSPS) is 21.1. The lowest BCUT2D eigenvalue weighted by Crippen LogP contribution is -2.39. The number of amides is 1. The summed E-state index contributed by atoms with van der Waals surface area (Å²) >= 11 is 1.45. The topological polar surface area (TPSA) is 68.0 Å². The van der Waals surface area contributed by atoms with Gasteiger partial charge in [0.25, 0.3) is 5.91 Å². The molecule has 19 heavy (non-hydrogen) atoms. The predicted octanol–water partition coefficient (Wildman–Crippen LogP) is 2.86. The first-order valence-electron chi connectivity index (χ1n) is 6.89. The van der Waals surface area contributed by atoms with Crippen molar-refractivity contribution in [3.05, 3.63) is 16.1 Å². The average Bonchev–Trinajstić information content (AvgIpc) is 2.81. The van der Waals surface area contributed by atoms with Gasteiger partial charge in [-0.15, -0.1) is 11.3 Å². The van der Waals surface area contributed by atoms with Crippen LogP contribution in [0.25, 0.3) is 0 Å². The Hall–Kier alpha value is -0.940. The Labute approximate surface area is 118 Å². The molecule has 0 spiro atoms. The largest absolute Gasteiger partial charge is 0.348 e. The summed E-state index contributed by atoms with van der Waals surface area (Å²) in [6.07, 6.45) is 4.45. The number of hydrogen-bond donors (Lipinski definition) is 2. The second kappa shape index (κ2) is 5.59. The van der Waals surface area contributed by atoms with Crippen LogP contribution in [0.5, 0.6) is 0 Å². The zero-order valence-electron chi connectivity index (χ0n) is 11.9. The average molecular weight is 281 g/mol. The molecule has 0 saturated heterocycles. The highest BCUT2D eigenvalue weighted by molar-refractivity contribution is 7.09. The van der Waals surface area contributed by atoms with Crippen molar-refractivity contribution in [2.45, 2.75) is 58.5 Å². The lowest BCUT2D eigenvalue weighted by Gasteiger charge is -2.34. The Bertz CT molecular complexity index is 443. The van der Waals surface area contributed by atoms with Crippen molar-refractivity contribution in [2.24, 2.45) is 11.1 Å². The molecule has 1 fully saturated rings. The molecule has 1 aromatic rings. The molecule has 0 aliphatic heterocycles. The van der Waals surface area contributed by atoms with E-state index in [1.165, 1.54) is 24.2 Å². The number of hydrogen-bond acceptors (Lipinski definition) is 4. The second-order valence-electron chi connectivity index (χ2n) is 6.27. The summed E-state index contributed by atoms with van der Waals surface area (Å²) in [6, 6.07) is 0.183. The first-order valence-corrected chi connectivity index (χ1v) is 7.77. The minimum atomic E-state index is -0.109. The number of nitrogens with two attached hydrogens (primary N) is 1. The molecular formula is C14H23N3OS. The van der Waals surface area contributed by atoms with Crippen LogP contribution >= 0.6 is 11.3 Å². The fourth-order valence-electron chi connectivity index (χ4n) is 2.40. The summed E-state index contributed by atoms with van der Waals surface area (Å²) in [6.45, 7) is 6.46. The molecule has 5 heteroatoms.